The molecule has 0 unspecified atom stereocenters. The Morgan fingerprint density at radius 2 is 0.916 bits per heavy atom. The number of hydrogen-bond acceptors (Lipinski definition) is 19. The van der Waals surface area contributed by atoms with Crippen molar-refractivity contribution >= 4 is 107 Å². The SMILES string of the molecule is CS(=O)(=O)OCCc1ccc(Cl)c(-c2ccccc2)c1.Cn1cnc2ncn(Cc3n[nH]c(=O)o3)c(=O)c21.Cn1cnc2ncn(Cc3nn(CCc4ccc(Cl)c(-c5ccccc5)c4)c(=O)o3)c(=O)c21.OB(O)c1ccccc1.OCCc1ccc(Cl)c(-c2ccccc2)c1.OCCc1ccc(Cl)c(Br)c1. The molecule has 0 saturated carbocycles. The molecule has 0 aliphatic heterocycles. The van der Waals surface area contributed by atoms with Gasteiger partial charge in [0.1, 0.15) is 25.7 Å². The van der Waals surface area contributed by atoms with Crippen molar-refractivity contribution in [1.82, 2.24) is 58.2 Å². The van der Waals surface area contributed by atoms with Gasteiger partial charge in [0, 0.05) is 63.5 Å². The molecule has 0 aliphatic rings. The lowest BCUT2D eigenvalue weighted by Crippen LogP contribution is -2.29. The van der Waals surface area contributed by atoms with Crippen molar-refractivity contribution in [1.29, 1.82) is 0 Å². The van der Waals surface area contributed by atoms with E-state index < -0.39 is 28.7 Å². The molecular weight excluding hydrogens is 1540 g/mol. The zero-order valence-electron chi connectivity index (χ0n) is 57.6. The van der Waals surface area contributed by atoms with E-state index in [0.29, 0.717) is 75.1 Å². The second-order valence-electron chi connectivity index (χ2n) is 23.4. The molecule has 0 radical (unpaired) electrons. The largest absolute Gasteiger partial charge is 0.488 e. The van der Waals surface area contributed by atoms with Crippen LogP contribution in [0.4, 0.5) is 0 Å². The molecule has 32 heteroatoms. The summed E-state index contributed by atoms with van der Waals surface area (Å²) in [6.45, 7) is 0.824. The minimum atomic E-state index is -3.39. The molecule has 5 N–H and O–H groups in total. The number of aromatic amines is 1. The molecule has 0 amide bonds. The summed E-state index contributed by atoms with van der Waals surface area (Å²) < 4.78 is 44.5. The van der Waals surface area contributed by atoms with Crippen LogP contribution < -0.4 is 28.1 Å². The number of nitrogens with zero attached hydrogens (tertiary/aromatic N) is 11. The van der Waals surface area contributed by atoms with Crippen LogP contribution in [0, 0.1) is 0 Å². The number of H-pyrrole nitrogens is 1. The second kappa shape index (κ2) is 39.4. The lowest BCUT2D eigenvalue weighted by Gasteiger charge is -2.08. The fraction of sp³-hybridized carbons (Fsp3) is 0.173. The van der Waals surface area contributed by atoms with Crippen LogP contribution in [-0.2, 0) is 73.7 Å². The molecule has 14 rings (SSSR count). The molecule has 14 aromatic rings. The average molecular weight is 1610 g/mol. The van der Waals surface area contributed by atoms with Crippen molar-refractivity contribution in [2.24, 2.45) is 14.1 Å². The van der Waals surface area contributed by atoms with E-state index in [2.05, 4.69) is 51.2 Å². The zero-order valence-corrected chi connectivity index (χ0v) is 63.0. The predicted octanol–water partition coefficient (Wildman–Crippen LogP) is 10.8. The number of halogens is 5. The summed E-state index contributed by atoms with van der Waals surface area (Å²) in [5.74, 6) is -0.991. The first kappa shape index (κ1) is 80.9. The Labute approximate surface area is 641 Å². The van der Waals surface area contributed by atoms with E-state index >= 15 is 0 Å². The van der Waals surface area contributed by atoms with Gasteiger partial charge in [0.15, 0.2) is 22.3 Å². The van der Waals surface area contributed by atoms with Crippen LogP contribution in [0.5, 0.6) is 0 Å². The van der Waals surface area contributed by atoms with E-state index in [1.54, 1.807) is 47.5 Å². The minimum absolute atomic E-state index is 0.00566. The number of benzene rings is 8. The topological polar surface area (TPSA) is 337 Å². The lowest BCUT2D eigenvalue weighted by molar-refractivity contribution is 0.299. The highest BCUT2D eigenvalue weighted by Crippen LogP contribution is 2.32. The molecule has 0 aliphatic carbocycles. The Kier molecular flexibility index (Phi) is 29.8. The number of nitrogens with one attached hydrogen (secondary N) is 1. The van der Waals surface area contributed by atoms with Gasteiger partial charge >= 0.3 is 18.6 Å². The van der Waals surface area contributed by atoms with E-state index in [0.717, 1.165) is 71.4 Å². The average Bonchev–Trinajstić information content (AvgIpc) is 1.57. The van der Waals surface area contributed by atoms with Crippen molar-refractivity contribution < 1.29 is 41.7 Å². The van der Waals surface area contributed by atoms with E-state index in [9.17, 15) is 27.6 Å². The van der Waals surface area contributed by atoms with Gasteiger partial charge in [-0.3, -0.25) is 22.9 Å². The van der Waals surface area contributed by atoms with Crippen LogP contribution in [0.2, 0.25) is 20.1 Å². The predicted molar refractivity (Wildman–Crippen MR) is 417 cm³/mol. The van der Waals surface area contributed by atoms with Gasteiger partial charge < -0.3 is 38.2 Å². The van der Waals surface area contributed by atoms with Crippen molar-refractivity contribution in [2.75, 3.05) is 26.1 Å². The summed E-state index contributed by atoms with van der Waals surface area (Å²) >= 11 is 27.8. The normalized spacial score (nSPS) is 10.9. The van der Waals surface area contributed by atoms with Crippen molar-refractivity contribution in [3.05, 3.63) is 320 Å². The standard InChI is InChI=1S/C23H19ClN6O3.C15H15ClO3S.C14H13ClO.C9H8N6O3.C8H8BrClO.C6H7BO2/c1-28-13-25-21-20(28)22(31)29(14-26-21)12-19-27-30(23(32)33-19)10-9-15-7-8-18(24)17(11-15)16-5-3-2-4-6-16;1-20(17,18)19-10-9-12-7-8-15(16)14(11-12)13-5-3-2-4-6-13;15-14-7-6-11(8-9-16)10-13(14)12-4-2-1-3-5-12;1-14-3-10-7-6(14)8(16)15(4-11-7)2-5-12-13-9(17)18-5;9-7-5-6(3-4-11)1-2-8(7)10;8-7(9)6-4-2-1-3-5-6/h2-8,11,13-14H,9-10,12H2,1H3;2-8,11H,9-10H2,1H3;1-7,10,16H,8-9H2;3-4H,2H2,1H3,(H,13,17);1-2,5,11H,3-4H2;1-5,8-9H. The monoisotopic (exact) mass is 1610 g/mol. The summed E-state index contributed by atoms with van der Waals surface area (Å²) in [7, 11) is -1.31. The maximum atomic E-state index is 12.7. The molecule has 8 aromatic carbocycles. The van der Waals surface area contributed by atoms with Gasteiger partial charge in [-0.05, 0) is 135 Å². The van der Waals surface area contributed by atoms with E-state index in [4.69, 9.17) is 79.7 Å². The lowest BCUT2D eigenvalue weighted by atomic mass is 9.81. The maximum absolute atomic E-state index is 12.7. The summed E-state index contributed by atoms with van der Waals surface area (Å²) in [6.07, 6.45) is 9.21. The fourth-order valence-electron chi connectivity index (χ4n) is 10.4. The van der Waals surface area contributed by atoms with Crippen molar-refractivity contribution in [3.8, 4) is 33.4 Å². The molecule has 0 bridgehead atoms. The molecule has 552 valence electrons. The van der Waals surface area contributed by atoms with E-state index in [1.165, 1.54) is 39.1 Å². The van der Waals surface area contributed by atoms with Crippen LogP contribution in [0.25, 0.3) is 55.7 Å². The molecule has 0 fully saturated rings. The number of rotatable bonds is 19. The second-order valence-corrected chi connectivity index (χ2v) is 27.6. The Hall–Kier alpha value is -10.2. The highest BCUT2D eigenvalue weighted by atomic mass is 79.9. The van der Waals surface area contributed by atoms with Gasteiger partial charge in [-0.25, -0.2) is 34.6 Å². The number of hydrogen-bond donors (Lipinski definition) is 5. The molecular formula is C75H70BBrCl4N12O13S. The van der Waals surface area contributed by atoms with Crippen LogP contribution in [0.3, 0.4) is 0 Å². The quantitative estimate of drug-likeness (QED) is 0.0371. The summed E-state index contributed by atoms with van der Waals surface area (Å²) in [6, 6.07) is 61.3. The van der Waals surface area contributed by atoms with Gasteiger partial charge in [0.05, 0.1) is 37.1 Å². The number of aromatic nitrogens is 12. The Morgan fingerprint density at radius 1 is 0.514 bits per heavy atom. The molecule has 0 saturated heterocycles. The minimum Gasteiger partial charge on any atom is -0.423 e. The summed E-state index contributed by atoms with van der Waals surface area (Å²) in [5.41, 5.74) is 11.7. The number of imidazole rings is 2. The Morgan fingerprint density at radius 3 is 1.32 bits per heavy atom. The van der Waals surface area contributed by atoms with Gasteiger partial charge in [0.2, 0.25) is 11.8 Å². The van der Waals surface area contributed by atoms with Crippen LogP contribution in [0.1, 0.15) is 34.0 Å². The third-order valence-electron chi connectivity index (χ3n) is 15.7. The van der Waals surface area contributed by atoms with Crippen molar-refractivity contribution in [3.63, 3.8) is 0 Å². The van der Waals surface area contributed by atoms with E-state index in [1.807, 2.05) is 170 Å². The number of aliphatic hydroxyl groups is 2. The first-order valence-electron chi connectivity index (χ1n) is 32.7. The third kappa shape index (κ3) is 23.6. The van der Waals surface area contributed by atoms with Gasteiger partial charge in [0.25, 0.3) is 21.2 Å². The Bertz CT molecular complexity index is 5610. The first-order valence-corrected chi connectivity index (χ1v) is 36.8. The Balaban J connectivity index is 0.000000156. The molecule has 0 spiro atoms. The van der Waals surface area contributed by atoms with Crippen LogP contribution >= 0.6 is 62.3 Å². The smallest absolute Gasteiger partial charge is 0.423 e. The van der Waals surface area contributed by atoms with E-state index in [-0.39, 0.29) is 55.8 Å². The summed E-state index contributed by atoms with van der Waals surface area (Å²) in [5, 5.41) is 47.5. The molecule has 25 nitrogen and oxygen atoms in total. The number of aryl methyl sites for hydroxylation is 4. The van der Waals surface area contributed by atoms with Crippen LogP contribution in [-0.4, -0.2) is 120 Å². The zero-order chi connectivity index (χ0) is 76.6. The van der Waals surface area contributed by atoms with Crippen LogP contribution in [0.15, 0.2) is 252 Å². The van der Waals surface area contributed by atoms with Gasteiger partial charge in [-0.2, -0.15) is 13.1 Å². The van der Waals surface area contributed by atoms with Crippen molar-refractivity contribution in [2.45, 2.75) is 45.3 Å². The summed E-state index contributed by atoms with van der Waals surface area (Å²) in [4.78, 5) is 64.2. The van der Waals surface area contributed by atoms with Gasteiger partial charge in [-0.1, -0.05) is 192 Å². The van der Waals surface area contributed by atoms with Gasteiger partial charge in [-0.15, -0.1) is 10.2 Å². The maximum Gasteiger partial charge on any atom is 0.488 e. The number of aliphatic hydroxyl groups excluding tert-OH is 2. The highest BCUT2D eigenvalue weighted by Gasteiger charge is 2.17. The highest BCUT2D eigenvalue weighted by molar-refractivity contribution is 9.10. The molecule has 6 heterocycles. The number of fused-ring (bicyclic) bond motifs is 2. The first-order chi connectivity index (χ1) is 51.4. The molecule has 107 heavy (non-hydrogen) atoms. The molecule has 6 aromatic heterocycles. The molecule has 0 atom stereocenters. The fourth-order valence-corrected chi connectivity index (χ4v) is 12.0. The third-order valence-corrected chi connectivity index (χ3v) is 18.5.